The van der Waals surface area contributed by atoms with Gasteiger partial charge in [-0.2, -0.15) is 0 Å². The van der Waals surface area contributed by atoms with Crippen LogP contribution in [0.1, 0.15) is 24.9 Å². The molecule has 0 spiro atoms. The van der Waals surface area contributed by atoms with Crippen LogP contribution in [0.3, 0.4) is 0 Å². The zero-order chi connectivity index (χ0) is 13.4. The van der Waals surface area contributed by atoms with Gasteiger partial charge in [0, 0.05) is 6.54 Å². The molecule has 100 valence electrons. The first-order valence-corrected chi connectivity index (χ1v) is 6.26. The number of nitrogens with one attached hydrogen (secondary N) is 2. The topological polar surface area (TPSA) is 74.7 Å². The van der Waals surface area contributed by atoms with Crippen molar-refractivity contribution < 1.29 is 14.3 Å². The number of rotatable bonds is 3. The Morgan fingerprint density at radius 1 is 1.42 bits per heavy atom. The Morgan fingerprint density at radius 3 is 3.00 bits per heavy atom. The van der Waals surface area contributed by atoms with Crippen molar-refractivity contribution in [3.05, 3.63) is 23.8 Å². The second-order valence-electron chi connectivity index (χ2n) is 4.55. The van der Waals surface area contributed by atoms with E-state index < -0.39 is 0 Å². The van der Waals surface area contributed by atoms with Crippen LogP contribution in [0.25, 0.3) is 0 Å². The molecule has 0 bridgehead atoms. The number of carbonyl (C=O) groups excluding carboxylic acids is 1. The van der Waals surface area contributed by atoms with Crippen LogP contribution < -0.4 is 14.8 Å². The number of nitrogens with zero attached hydrogens (tertiary/aromatic N) is 1. The van der Waals surface area contributed by atoms with Gasteiger partial charge in [-0.3, -0.25) is 10.7 Å². The van der Waals surface area contributed by atoms with E-state index in [2.05, 4.69) is 5.32 Å². The lowest BCUT2D eigenvalue weighted by Crippen LogP contribution is -2.30. The minimum absolute atomic E-state index is 0.206. The normalized spacial score (nSPS) is 20.9. The van der Waals surface area contributed by atoms with Gasteiger partial charge in [-0.1, -0.05) is 13.0 Å². The van der Waals surface area contributed by atoms with E-state index in [9.17, 15) is 4.79 Å². The minimum atomic E-state index is -0.359. The highest BCUT2D eigenvalue weighted by Gasteiger charge is 2.36. The van der Waals surface area contributed by atoms with Crippen molar-refractivity contribution in [2.75, 3.05) is 13.3 Å². The summed E-state index contributed by atoms with van der Waals surface area (Å²) in [6.45, 7) is 2.84. The molecule has 0 aliphatic carbocycles. The summed E-state index contributed by atoms with van der Waals surface area (Å²) in [6.07, 6.45) is 0.849. The fourth-order valence-corrected chi connectivity index (χ4v) is 2.43. The van der Waals surface area contributed by atoms with Crippen molar-refractivity contribution in [3.8, 4) is 11.5 Å². The van der Waals surface area contributed by atoms with Crippen LogP contribution in [0.2, 0.25) is 0 Å². The van der Waals surface area contributed by atoms with E-state index in [-0.39, 0.29) is 24.7 Å². The van der Waals surface area contributed by atoms with Crippen molar-refractivity contribution in [3.63, 3.8) is 0 Å². The van der Waals surface area contributed by atoms with Gasteiger partial charge in [0.1, 0.15) is 11.9 Å². The molecule has 6 heteroatoms. The molecule has 1 saturated heterocycles. The van der Waals surface area contributed by atoms with Crippen LogP contribution in [0.15, 0.2) is 18.2 Å². The Balaban J connectivity index is 1.95. The molecule has 1 aromatic rings. The molecule has 1 fully saturated rings. The number of hydrogen-bond donors (Lipinski definition) is 2. The highest BCUT2D eigenvalue weighted by atomic mass is 16.7. The molecule has 3 rings (SSSR count). The predicted octanol–water partition coefficient (Wildman–Crippen LogP) is 1.87. The SMILES string of the molecule is CCCN1C(=O)NC(=N)C1c1ccc2c(c1)OCO2. The maximum absolute atomic E-state index is 11.8. The standard InChI is InChI=1S/C13H15N3O3/c1-2-5-16-11(12(14)15-13(16)17)8-3-4-9-10(6-8)19-7-18-9/h3-4,6,11H,2,5,7H2,1H3,(H2,14,15,17). The average molecular weight is 261 g/mol. The van der Waals surface area contributed by atoms with E-state index in [4.69, 9.17) is 14.9 Å². The summed E-state index contributed by atoms with van der Waals surface area (Å²) in [5.74, 6) is 1.58. The zero-order valence-corrected chi connectivity index (χ0v) is 10.6. The van der Waals surface area contributed by atoms with Gasteiger partial charge >= 0.3 is 6.03 Å². The number of fused-ring (bicyclic) bond motifs is 1. The van der Waals surface area contributed by atoms with Gasteiger partial charge in [0.15, 0.2) is 11.5 Å². The molecular formula is C13H15N3O3. The number of hydrogen-bond acceptors (Lipinski definition) is 4. The van der Waals surface area contributed by atoms with Crippen molar-refractivity contribution in [2.24, 2.45) is 0 Å². The Labute approximate surface area is 110 Å². The zero-order valence-electron chi connectivity index (χ0n) is 10.6. The molecule has 0 aromatic heterocycles. The summed E-state index contributed by atoms with van der Waals surface area (Å²) in [6, 6.07) is 4.95. The molecule has 2 amide bonds. The summed E-state index contributed by atoms with van der Waals surface area (Å²) in [7, 11) is 0. The Morgan fingerprint density at radius 2 is 2.21 bits per heavy atom. The maximum Gasteiger partial charge on any atom is 0.323 e. The third-order valence-corrected chi connectivity index (χ3v) is 3.26. The van der Waals surface area contributed by atoms with Gasteiger partial charge in [-0.15, -0.1) is 0 Å². The molecule has 0 radical (unpaired) electrons. The number of urea groups is 1. The Hall–Kier alpha value is -2.24. The molecule has 0 saturated carbocycles. The van der Waals surface area contributed by atoms with E-state index in [1.807, 2.05) is 25.1 Å². The van der Waals surface area contributed by atoms with Gasteiger partial charge in [0.2, 0.25) is 6.79 Å². The van der Waals surface area contributed by atoms with Gasteiger partial charge < -0.3 is 14.4 Å². The van der Waals surface area contributed by atoms with Crippen LogP contribution in [0.5, 0.6) is 11.5 Å². The molecular weight excluding hydrogens is 246 g/mol. The first kappa shape index (κ1) is 11.8. The van der Waals surface area contributed by atoms with E-state index in [0.29, 0.717) is 18.0 Å². The van der Waals surface area contributed by atoms with Crippen molar-refractivity contribution in [2.45, 2.75) is 19.4 Å². The fraction of sp³-hybridized carbons (Fsp3) is 0.385. The van der Waals surface area contributed by atoms with E-state index >= 15 is 0 Å². The smallest absolute Gasteiger partial charge is 0.323 e. The van der Waals surface area contributed by atoms with Crippen LogP contribution >= 0.6 is 0 Å². The number of carbonyl (C=O) groups is 1. The summed E-state index contributed by atoms with van der Waals surface area (Å²) >= 11 is 0. The summed E-state index contributed by atoms with van der Waals surface area (Å²) in [5.41, 5.74) is 0.862. The Kier molecular flexibility index (Phi) is 2.77. The number of amides is 2. The minimum Gasteiger partial charge on any atom is -0.454 e. The molecule has 2 N–H and O–H groups in total. The first-order chi connectivity index (χ1) is 9.20. The molecule has 6 nitrogen and oxygen atoms in total. The van der Waals surface area contributed by atoms with Gasteiger partial charge in [0.05, 0.1) is 0 Å². The van der Waals surface area contributed by atoms with E-state index in [1.54, 1.807) is 4.90 Å². The Bertz CT molecular complexity index is 544. The monoisotopic (exact) mass is 261 g/mol. The quantitative estimate of drug-likeness (QED) is 0.872. The van der Waals surface area contributed by atoms with E-state index in [1.165, 1.54) is 0 Å². The van der Waals surface area contributed by atoms with Crippen LogP contribution in [-0.4, -0.2) is 30.1 Å². The average Bonchev–Trinajstić information content (AvgIpc) is 2.94. The summed E-state index contributed by atoms with van der Waals surface area (Å²) in [5, 5.41) is 10.5. The number of benzene rings is 1. The van der Waals surface area contributed by atoms with Gasteiger partial charge in [-0.25, -0.2) is 4.79 Å². The number of amidine groups is 1. The molecule has 1 unspecified atom stereocenters. The lowest BCUT2D eigenvalue weighted by Gasteiger charge is -2.22. The van der Waals surface area contributed by atoms with Crippen molar-refractivity contribution in [1.29, 1.82) is 5.41 Å². The van der Waals surface area contributed by atoms with Crippen LogP contribution in [0, 0.1) is 5.41 Å². The third-order valence-electron chi connectivity index (χ3n) is 3.26. The van der Waals surface area contributed by atoms with Crippen molar-refractivity contribution >= 4 is 11.9 Å². The molecule has 2 aliphatic rings. The van der Waals surface area contributed by atoms with E-state index in [0.717, 1.165) is 12.0 Å². The molecule has 2 aliphatic heterocycles. The van der Waals surface area contributed by atoms with Crippen molar-refractivity contribution in [1.82, 2.24) is 10.2 Å². The lowest BCUT2D eigenvalue weighted by molar-refractivity contribution is 0.174. The third kappa shape index (κ3) is 1.89. The molecule has 19 heavy (non-hydrogen) atoms. The highest BCUT2D eigenvalue weighted by molar-refractivity contribution is 6.06. The fourth-order valence-electron chi connectivity index (χ4n) is 2.43. The first-order valence-electron chi connectivity index (χ1n) is 6.26. The van der Waals surface area contributed by atoms with Gasteiger partial charge in [0.25, 0.3) is 0 Å². The second-order valence-corrected chi connectivity index (χ2v) is 4.55. The molecule has 1 aromatic carbocycles. The maximum atomic E-state index is 11.8. The molecule has 1 atom stereocenters. The van der Waals surface area contributed by atoms with Crippen LogP contribution in [0.4, 0.5) is 4.79 Å². The van der Waals surface area contributed by atoms with Crippen LogP contribution in [-0.2, 0) is 0 Å². The summed E-state index contributed by atoms with van der Waals surface area (Å²) < 4.78 is 10.6. The van der Waals surface area contributed by atoms with Gasteiger partial charge in [-0.05, 0) is 24.1 Å². The second kappa shape index (κ2) is 4.46. The highest BCUT2D eigenvalue weighted by Crippen LogP contribution is 2.36. The predicted molar refractivity (Wildman–Crippen MR) is 68.6 cm³/mol. The lowest BCUT2D eigenvalue weighted by atomic mass is 10.0. The number of ether oxygens (including phenoxy) is 2. The molecule has 2 heterocycles. The largest absolute Gasteiger partial charge is 0.454 e. The summed E-state index contributed by atoms with van der Waals surface area (Å²) in [4.78, 5) is 13.5.